The van der Waals surface area contributed by atoms with E-state index in [0.29, 0.717) is 16.2 Å². The van der Waals surface area contributed by atoms with Crippen LogP contribution < -0.4 is 14.4 Å². The van der Waals surface area contributed by atoms with Crippen molar-refractivity contribution in [1.29, 1.82) is 0 Å². The molecule has 3 heterocycles. The number of hydrogen-bond donors (Lipinski definition) is 0. The van der Waals surface area contributed by atoms with Gasteiger partial charge in [0.2, 0.25) is 4.80 Å². The lowest BCUT2D eigenvalue weighted by molar-refractivity contribution is -0.192. The fourth-order valence-corrected chi connectivity index (χ4v) is 4.05. The average Bonchev–Trinajstić information content (AvgIpc) is 3.09. The number of amides is 1. The van der Waals surface area contributed by atoms with Gasteiger partial charge in [0, 0.05) is 30.6 Å². The molecule has 0 N–H and O–H groups in total. The molecule has 1 aromatic heterocycles. The van der Waals surface area contributed by atoms with E-state index in [1.807, 2.05) is 4.57 Å². The Kier molecular flexibility index (Phi) is 4.04. The van der Waals surface area contributed by atoms with E-state index < -0.39 is 30.1 Å². The Labute approximate surface area is 162 Å². The van der Waals surface area contributed by atoms with Crippen LogP contribution in [0.5, 0.6) is 5.75 Å². The maximum absolute atomic E-state index is 14.5. The summed E-state index contributed by atoms with van der Waals surface area (Å²) >= 11 is 1.12. The van der Waals surface area contributed by atoms with Crippen molar-refractivity contribution in [3.63, 3.8) is 0 Å². The van der Waals surface area contributed by atoms with E-state index in [1.165, 1.54) is 6.07 Å². The summed E-state index contributed by atoms with van der Waals surface area (Å²) in [5.74, 6) is 0.0737. The van der Waals surface area contributed by atoms with Crippen LogP contribution in [-0.2, 0) is 17.8 Å². The van der Waals surface area contributed by atoms with Gasteiger partial charge in [0.25, 0.3) is 0 Å². The van der Waals surface area contributed by atoms with E-state index in [4.69, 9.17) is 6.42 Å². The van der Waals surface area contributed by atoms with Gasteiger partial charge in [0.05, 0.1) is 12.2 Å². The van der Waals surface area contributed by atoms with Crippen molar-refractivity contribution in [3.8, 4) is 18.1 Å². The maximum atomic E-state index is 14.5. The van der Waals surface area contributed by atoms with Crippen molar-refractivity contribution in [3.05, 3.63) is 28.6 Å². The van der Waals surface area contributed by atoms with Crippen LogP contribution in [0.25, 0.3) is 0 Å². The van der Waals surface area contributed by atoms with Crippen molar-refractivity contribution in [1.82, 2.24) is 8.94 Å². The second-order valence-electron chi connectivity index (χ2n) is 7.41. The van der Waals surface area contributed by atoms with Gasteiger partial charge < -0.3 is 9.30 Å². The SMILES string of the molecule is C#CCN1C(=O)C(F)(F)Oc2cc(F)c(/N=c3\snc4n3CC(C)(C)C4)cc21. The molecule has 28 heavy (non-hydrogen) atoms. The number of halogens is 3. The highest BCUT2D eigenvalue weighted by Crippen LogP contribution is 2.42. The summed E-state index contributed by atoms with van der Waals surface area (Å²) in [6, 6.07) is 1.97. The van der Waals surface area contributed by atoms with E-state index in [0.717, 1.165) is 29.8 Å². The number of rotatable bonds is 2. The van der Waals surface area contributed by atoms with Gasteiger partial charge in [0.15, 0.2) is 11.6 Å². The number of carbonyl (C=O) groups excluding carboxylic acids is 1. The minimum absolute atomic E-state index is 0.0183. The summed E-state index contributed by atoms with van der Waals surface area (Å²) in [6.45, 7) is 4.46. The molecule has 0 unspecified atom stereocenters. The Morgan fingerprint density at radius 2 is 2.18 bits per heavy atom. The van der Waals surface area contributed by atoms with E-state index in [1.54, 1.807) is 0 Å². The molecule has 0 atom stereocenters. The first-order chi connectivity index (χ1) is 13.1. The first-order valence-electron chi connectivity index (χ1n) is 8.37. The predicted molar refractivity (Wildman–Crippen MR) is 96.0 cm³/mol. The highest BCUT2D eigenvalue weighted by atomic mass is 32.1. The van der Waals surface area contributed by atoms with Crippen molar-refractivity contribution in [2.24, 2.45) is 10.4 Å². The number of fused-ring (bicyclic) bond motifs is 2. The molecular formula is C18H15F3N4O2S. The molecule has 0 spiro atoms. The highest BCUT2D eigenvalue weighted by Gasteiger charge is 2.50. The number of benzene rings is 1. The van der Waals surface area contributed by atoms with Crippen molar-refractivity contribution >= 4 is 28.8 Å². The Morgan fingerprint density at radius 1 is 1.43 bits per heavy atom. The molecule has 0 fully saturated rings. The molecule has 0 saturated heterocycles. The quantitative estimate of drug-likeness (QED) is 0.718. The maximum Gasteiger partial charge on any atom is 0.483 e. The first-order valence-corrected chi connectivity index (χ1v) is 9.14. The topological polar surface area (TPSA) is 59.7 Å². The highest BCUT2D eigenvalue weighted by molar-refractivity contribution is 7.02. The predicted octanol–water partition coefficient (Wildman–Crippen LogP) is 2.85. The third-order valence-corrected chi connectivity index (χ3v) is 5.29. The summed E-state index contributed by atoms with van der Waals surface area (Å²) in [5.41, 5.74) is -0.156. The standard InChI is InChI=1S/C18H15F3N4O2S/c1-4-5-24-12-7-11(10(19)6-13(12)27-18(20,21)15(24)26)22-16-25-9-17(2,3)8-14(25)23-28-16/h1,6-7H,5,8-9H2,2-3H3/b22-16-. The van der Waals surface area contributed by atoms with Crippen LogP contribution >= 0.6 is 11.5 Å². The van der Waals surface area contributed by atoms with Gasteiger partial charge >= 0.3 is 12.0 Å². The van der Waals surface area contributed by atoms with Gasteiger partial charge in [-0.2, -0.15) is 13.2 Å². The fraction of sp³-hybridized carbons (Fsp3) is 0.389. The van der Waals surface area contributed by atoms with Gasteiger partial charge in [-0.3, -0.25) is 9.69 Å². The Morgan fingerprint density at radius 3 is 2.89 bits per heavy atom. The van der Waals surface area contributed by atoms with Crippen LogP contribution in [0.4, 0.5) is 24.5 Å². The Hall–Kier alpha value is -2.80. The zero-order valence-corrected chi connectivity index (χ0v) is 15.8. The molecule has 2 aliphatic heterocycles. The minimum atomic E-state index is -4.12. The molecule has 2 aromatic rings. The lowest BCUT2D eigenvalue weighted by Crippen LogP contribution is -2.50. The number of terminal acetylenes is 1. The van der Waals surface area contributed by atoms with Crippen LogP contribution in [0.1, 0.15) is 19.7 Å². The summed E-state index contributed by atoms with van der Waals surface area (Å²) in [5, 5.41) is 0. The van der Waals surface area contributed by atoms with Crippen molar-refractivity contribution in [2.75, 3.05) is 11.4 Å². The summed E-state index contributed by atoms with van der Waals surface area (Å²) in [4.78, 5) is 17.4. The van der Waals surface area contributed by atoms with Crippen LogP contribution in [0.2, 0.25) is 0 Å². The third kappa shape index (κ3) is 2.96. The number of aromatic nitrogens is 2. The van der Waals surface area contributed by atoms with Crippen LogP contribution in [0, 0.1) is 23.6 Å². The van der Waals surface area contributed by atoms with E-state index >= 15 is 0 Å². The first kappa shape index (κ1) is 18.6. The fourth-order valence-electron chi connectivity index (χ4n) is 3.29. The summed E-state index contributed by atoms with van der Waals surface area (Å²) in [7, 11) is 0. The smallest absolute Gasteiger partial charge is 0.423 e. The zero-order valence-electron chi connectivity index (χ0n) is 15.0. The number of nitrogens with zero attached hydrogens (tertiary/aromatic N) is 4. The summed E-state index contributed by atoms with van der Waals surface area (Å²) < 4.78 is 52.7. The lowest BCUT2D eigenvalue weighted by atomic mass is 9.92. The van der Waals surface area contributed by atoms with Crippen molar-refractivity contribution < 1.29 is 22.7 Å². The molecule has 10 heteroatoms. The Balaban J connectivity index is 1.83. The largest absolute Gasteiger partial charge is 0.483 e. The average molecular weight is 408 g/mol. The summed E-state index contributed by atoms with van der Waals surface area (Å²) in [6.07, 6.45) is 1.86. The molecule has 0 saturated carbocycles. The van der Waals surface area contributed by atoms with Gasteiger partial charge in [-0.25, -0.2) is 9.38 Å². The van der Waals surface area contributed by atoms with Crippen LogP contribution in [0.3, 0.4) is 0 Å². The van der Waals surface area contributed by atoms with Gasteiger partial charge in [-0.05, 0) is 11.5 Å². The Bertz CT molecular complexity index is 1100. The molecule has 1 amide bonds. The third-order valence-electron chi connectivity index (χ3n) is 4.51. The van der Waals surface area contributed by atoms with E-state index in [-0.39, 0.29) is 16.8 Å². The molecule has 2 aliphatic rings. The van der Waals surface area contributed by atoms with Gasteiger partial charge in [0.1, 0.15) is 11.5 Å². The number of alkyl halides is 2. The number of hydrogen-bond acceptors (Lipinski definition) is 5. The lowest BCUT2D eigenvalue weighted by Gasteiger charge is -2.32. The molecule has 6 nitrogen and oxygen atoms in total. The van der Waals surface area contributed by atoms with Gasteiger partial charge in [-0.1, -0.05) is 19.8 Å². The monoisotopic (exact) mass is 408 g/mol. The molecule has 0 aliphatic carbocycles. The van der Waals surface area contributed by atoms with Gasteiger partial charge in [-0.15, -0.1) is 6.42 Å². The molecular weight excluding hydrogens is 393 g/mol. The number of anilines is 1. The molecule has 4 rings (SSSR count). The van der Waals surface area contributed by atoms with Crippen LogP contribution in [-0.4, -0.2) is 27.5 Å². The van der Waals surface area contributed by atoms with Crippen molar-refractivity contribution in [2.45, 2.75) is 32.9 Å². The molecule has 0 radical (unpaired) electrons. The molecule has 146 valence electrons. The molecule has 0 bridgehead atoms. The second kappa shape index (κ2) is 6.10. The van der Waals surface area contributed by atoms with Crippen LogP contribution in [0.15, 0.2) is 17.1 Å². The number of ether oxygens (including phenoxy) is 1. The zero-order chi connectivity index (χ0) is 20.3. The normalized spacial score (nSPS) is 19.8. The minimum Gasteiger partial charge on any atom is -0.423 e. The van der Waals surface area contributed by atoms with E-state index in [9.17, 15) is 18.0 Å². The molecule has 1 aromatic carbocycles. The number of carbonyl (C=O) groups is 1. The second-order valence-corrected chi connectivity index (χ2v) is 8.14. The van der Waals surface area contributed by atoms with E-state index in [2.05, 4.69) is 33.9 Å².